The zero-order chi connectivity index (χ0) is 46.1. The van der Waals surface area contributed by atoms with Crippen molar-refractivity contribution in [3.8, 4) is 0 Å². The molecule has 3 fully saturated rings. The first-order valence-electron chi connectivity index (χ1n) is 21.7. The fourth-order valence-electron chi connectivity index (χ4n) is 7.47. The zero-order valence-electron chi connectivity index (χ0n) is 37.2. The SMILES string of the molecule is C/C=C(\C)C(=O)OC1C(OC(=O)/C=C/c2ccccc2)C2COC(=O)CCC(=O)CCCCCC[C@H](CCC)OC3OC(C)C(OC(C)=O)C(OC(C)=O)C3OC(O2)C1OC(C)=O. The van der Waals surface area contributed by atoms with Gasteiger partial charge in [-0.3, -0.25) is 24.0 Å². The van der Waals surface area contributed by atoms with Crippen LogP contribution in [0.25, 0.3) is 6.08 Å². The molecule has 11 atom stereocenters. The molecular weight excluding hydrogens is 824 g/mol. The standard InChI is InChI=1S/C46H62O17/c1-8-17-34-21-16-11-10-15-20-33(50)23-25-36(51)54-26-35-39(61-37(52)24-22-32-18-13-12-14-19-32)41(62-44(53)27(3)9-2)42(58-31(7)49)46(60-35)63-43-40(57-30(6)48)38(56-29(5)47)28(4)55-45(43)59-34/h9,12-14,18-19,22,24,28,34-35,38-43,45-46H,8,10-11,15-17,20-21,23,25-26H2,1-7H3/b24-22+,27-9+/t28?,34-,35?,38?,39?,40?,41?,42?,43?,45?,46?/m0/s1. The highest BCUT2D eigenvalue weighted by molar-refractivity contribution is 5.88. The van der Waals surface area contributed by atoms with Crippen LogP contribution in [0, 0.1) is 0 Å². The van der Waals surface area contributed by atoms with Crippen molar-refractivity contribution in [2.75, 3.05) is 6.61 Å². The quantitative estimate of drug-likeness (QED) is 0.160. The Labute approximate surface area is 368 Å². The highest BCUT2D eigenvalue weighted by Gasteiger charge is 2.57. The second-order valence-electron chi connectivity index (χ2n) is 15.8. The molecule has 1 aromatic rings. The molecule has 3 saturated heterocycles. The molecule has 0 spiro atoms. The third kappa shape index (κ3) is 16.0. The number of carbonyl (C=O) groups excluding carboxylic acids is 7. The Morgan fingerprint density at radius 3 is 2.03 bits per heavy atom. The first kappa shape index (κ1) is 50.7. The maximum atomic E-state index is 13.6. The van der Waals surface area contributed by atoms with E-state index in [1.54, 1.807) is 44.2 Å². The maximum Gasteiger partial charge on any atom is 0.333 e. The lowest BCUT2D eigenvalue weighted by Gasteiger charge is -2.48. The molecule has 2 bridgehead atoms. The van der Waals surface area contributed by atoms with Gasteiger partial charge in [-0.1, -0.05) is 69.0 Å². The summed E-state index contributed by atoms with van der Waals surface area (Å²) in [7, 11) is 0. The number of rotatable bonds is 10. The topological polar surface area (TPSA) is 212 Å². The van der Waals surface area contributed by atoms with Crippen molar-refractivity contribution in [3.05, 3.63) is 53.6 Å². The molecule has 0 saturated carbocycles. The molecule has 0 N–H and O–H groups in total. The third-order valence-electron chi connectivity index (χ3n) is 10.7. The van der Waals surface area contributed by atoms with Crippen molar-refractivity contribution < 1.29 is 80.9 Å². The van der Waals surface area contributed by atoms with Gasteiger partial charge in [-0.25, -0.2) is 9.59 Å². The van der Waals surface area contributed by atoms with Gasteiger partial charge < -0.3 is 47.4 Å². The average Bonchev–Trinajstić information content (AvgIpc) is 3.23. The van der Waals surface area contributed by atoms with Gasteiger partial charge in [0.15, 0.2) is 49.2 Å². The number of carbonyl (C=O) groups is 7. The van der Waals surface area contributed by atoms with E-state index in [-0.39, 0.29) is 30.6 Å². The molecule has 4 rings (SSSR count). The van der Waals surface area contributed by atoms with E-state index < -0.39 is 110 Å². The monoisotopic (exact) mass is 886 g/mol. The number of hydrogen-bond acceptors (Lipinski definition) is 17. The minimum atomic E-state index is -1.78. The van der Waals surface area contributed by atoms with Crippen molar-refractivity contribution >= 4 is 47.7 Å². The lowest BCUT2D eigenvalue weighted by molar-refractivity contribution is -0.370. The lowest BCUT2D eigenvalue weighted by Crippen LogP contribution is -2.67. The van der Waals surface area contributed by atoms with Crippen molar-refractivity contribution in [1.29, 1.82) is 0 Å². The molecule has 0 aliphatic carbocycles. The second-order valence-corrected chi connectivity index (χ2v) is 15.8. The van der Waals surface area contributed by atoms with Gasteiger partial charge in [-0.2, -0.15) is 0 Å². The van der Waals surface area contributed by atoms with Crippen molar-refractivity contribution in [3.63, 3.8) is 0 Å². The first-order chi connectivity index (χ1) is 30.1. The lowest BCUT2D eigenvalue weighted by atomic mass is 9.96. The van der Waals surface area contributed by atoms with Crippen LogP contribution in [0.5, 0.6) is 0 Å². The van der Waals surface area contributed by atoms with Gasteiger partial charge in [0.25, 0.3) is 0 Å². The van der Waals surface area contributed by atoms with Crippen molar-refractivity contribution in [2.45, 2.75) is 180 Å². The molecule has 1 aromatic carbocycles. The molecule has 0 aromatic heterocycles. The van der Waals surface area contributed by atoms with Crippen LogP contribution < -0.4 is 0 Å². The van der Waals surface area contributed by atoms with Crippen LogP contribution in [-0.2, 0) is 80.9 Å². The van der Waals surface area contributed by atoms with Gasteiger partial charge in [-0.05, 0) is 51.7 Å². The smallest absolute Gasteiger partial charge is 0.333 e. The van der Waals surface area contributed by atoms with E-state index in [1.807, 2.05) is 6.92 Å². The molecular formula is C46H62O17. The number of ketones is 1. The van der Waals surface area contributed by atoms with E-state index in [9.17, 15) is 33.6 Å². The molecule has 3 aliphatic rings. The van der Waals surface area contributed by atoms with E-state index in [4.69, 9.17) is 47.4 Å². The van der Waals surface area contributed by atoms with Gasteiger partial charge in [0.05, 0.1) is 18.6 Å². The summed E-state index contributed by atoms with van der Waals surface area (Å²) in [6.45, 7) is 9.49. The van der Waals surface area contributed by atoms with Gasteiger partial charge in [0.2, 0.25) is 0 Å². The molecule has 0 amide bonds. The number of esters is 6. The van der Waals surface area contributed by atoms with Gasteiger partial charge >= 0.3 is 35.8 Å². The van der Waals surface area contributed by atoms with E-state index in [0.29, 0.717) is 24.8 Å². The molecule has 63 heavy (non-hydrogen) atoms. The Hall–Kier alpha value is -4.97. The Bertz CT molecular complexity index is 1770. The van der Waals surface area contributed by atoms with E-state index in [2.05, 4.69) is 0 Å². The highest BCUT2D eigenvalue weighted by atomic mass is 16.8. The molecule has 17 heteroatoms. The van der Waals surface area contributed by atoms with Crippen molar-refractivity contribution in [1.82, 2.24) is 0 Å². The summed E-state index contributed by atoms with van der Waals surface area (Å²) in [5.74, 6) is -5.04. The normalized spacial score (nSPS) is 30.5. The summed E-state index contributed by atoms with van der Waals surface area (Å²) in [4.78, 5) is 91.3. The van der Waals surface area contributed by atoms with Crippen LogP contribution >= 0.6 is 0 Å². The molecule has 17 nitrogen and oxygen atoms in total. The summed E-state index contributed by atoms with van der Waals surface area (Å²) in [6.07, 6.45) is -6.10. The maximum absolute atomic E-state index is 13.6. The second kappa shape index (κ2) is 25.4. The molecule has 10 unspecified atom stereocenters. The number of allylic oxidation sites excluding steroid dienone is 1. The highest BCUT2D eigenvalue weighted by Crippen LogP contribution is 2.36. The van der Waals surface area contributed by atoms with E-state index in [1.165, 1.54) is 26.0 Å². The van der Waals surface area contributed by atoms with Gasteiger partial charge in [-0.15, -0.1) is 0 Å². The molecule has 0 radical (unpaired) electrons. The predicted molar refractivity (Wildman–Crippen MR) is 222 cm³/mol. The fraction of sp³-hybridized carbons (Fsp3) is 0.630. The summed E-state index contributed by atoms with van der Waals surface area (Å²) in [6, 6.07) is 8.85. The summed E-state index contributed by atoms with van der Waals surface area (Å²) in [5, 5.41) is 0. The third-order valence-corrected chi connectivity index (χ3v) is 10.7. The zero-order valence-corrected chi connectivity index (χ0v) is 37.2. The molecule has 3 heterocycles. The van der Waals surface area contributed by atoms with E-state index >= 15 is 0 Å². The average molecular weight is 887 g/mol. The summed E-state index contributed by atoms with van der Waals surface area (Å²) >= 11 is 0. The van der Waals surface area contributed by atoms with E-state index in [0.717, 1.165) is 45.6 Å². The van der Waals surface area contributed by atoms with Crippen molar-refractivity contribution in [2.24, 2.45) is 0 Å². The number of fused-ring (bicyclic) bond motifs is 3. The first-order valence-corrected chi connectivity index (χ1v) is 21.7. The molecule has 348 valence electrons. The minimum absolute atomic E-state index is 0.0644. The number of cyclic esters (lactones) is 1. The largest absolute Gasteiger partial charge is 0.463 e. The Kier molecular flexibility index (Phi) is 20.4. The van der Waals surface area contributed by atoms with Crippen LogP contribution in [-0.4, -0.2) is 116 Å². The number of hydrogen-bond donors (Lipinski definition) is 0. The molecule has 3 aliphatic heterocycles. The van der Waals surface area contributed by atoms with Crippen LogP contribution in [0.2, 0.25) is 0 Å². The fourth-order valence-corrected chi connectivity index (χ4v) is 7.47. The Balaban J connectivity index is 1.89. The van der Waals surface area contributed by atoms with Crippen LogP contribution in [0.4, 0.5) is 0 Å². The summed E-state index contributed by atoms with van der Waals surface area (Å²) in [5.41, 5.74) is 0.800. The summed E-state index contributed by atoms with van der Waals surface area (Å²) < 4.78 is 60.9. The Morgan fingerprint density at radius 2 is 1.37 bits per heavy atom. The van der Waals surface area contributed by atoms with Crippen LogP contribution in [0.15, 0.2) is 48.1 Å². The van der Waals surface area contributed by atoms with Gasteiger partial charge in [0.1, 0.15) is 18.5 Å². The Morgan fingerprint density at radius 1 is 0.698 bits per heavy atom. The number of benzene rings is 1. The van der Waals surface area contributed by atoms with Crippen LogP contribution in [0.1, 0.15) is 118 Å². The minimum Gasteiger partial charge on any atom is -0.463 e. The number of Topliss-reactive ketones (excluding diaryl/α,β-unsaturated/α-hetero) is 1. The van der Waals surface area contributed by atoms with Gasteiger partial charge in [0, 0.05) is 45.3 Å². The predicted octanol–water partition coefficient (Wildman–Crippen LogP) is 5.57. The van der Waals surface area contributed by atoms with Crippen LogP contribution in [0.3, 0.4) is 0 Å². The number of ether oxygens (including phenoxy) is 10.